The largest absolute Gasteiger partial charge is 0.497 e. The zero-order valence-electron chi connectivity index (χ0n) is 18.4. The number of halogens is 2. The molecule has 0 bridgehead atoms. The Hall–Kier alpha value is -3.06. The molecule has 0 spiro atoms. The molecule has 0 aliphatic carbocycles. The molecule has 1 aromatic heterocycles. The van der Waals surface area contributed by atoms with Gasteiger partial charge in [0.15, 0.2) is 0 Å². The summed E-state index contributed by atoms with van der Waals surface area (Å²) in [4.78, 5) is 17.0. The van der Waals surface area contributed by atoms with Gasteiger partial charge in [-0.1, -0.05) is 41.4 Å². The van der Waals surface area contributed by atoms with Crippen LogP contribution in [0.25, 0.3) is 10.6 Å². The first-order chi connectivity index (χ1) is 16.5. The number of carbonyl (C=O) groups excluding carboxylic acids is 1. The summed E-state index contributed by atoms with van der Waals surface area (Å²) in [6.07, 6.45) is 0.733. The van der Waals surface area contributed by atoms with Gasteiger partial charge in [0.1, 0.15) is 28.8 Å². The summed E-state index contributed by atoms with van der Waals surface area (Å²) >= 11 is 13.4. The van der Waals surface area contributed by atoms with Crippen LogP contribution in [-0.4, -0.2) is 24.5 Å². The number of amides is 1. The van der Waals surface area contributed by atoms with Crippen molar-refractivity contribution in [1.29, 1.82) is 0 Å². The first-order valence-electron chi connectivity index (χ1n) is 10.6. The predicted molar refractivity (Wildman–Crippen MR) is 137 cm³/mol. The van der Waals surface area contributed by atoms with Crippen molar-refractivity contribution in [3.63, 3.8) is 0 Å². The number of benzene rings is 3. The van der Waals surface area contributed by atoms with E-state index in [1.807, 2.05) is 54.6 Å². The molecule has 1 N–H and O–H groups in total. The molecule has 0 aliphatic rings. The van der Waals surface area contributed by atoms with Crippen LogP contribution in [0.5, 0.6) is 11.5 Å². The highest BCUT2D eigenvalue weighted by Gasteiger charge is 2.12. The van der Waals surface area contributed by atoms with Gasteiger partial charge in [-0.25, -0.2) is 4.98 Å². The molecule has 3 aromatic carbocycles. The second-order valence-corrected chi connectivity index (χ2v) is 9.13. The number of hydrogen-bond acceptors (Lipinski definition) is 5. The molecule has 174 valence electrons. The highest BCUT2D eigenvalue weighted by Crippen LogP contribution is 2.27. The average molecular weight is 513 g/mol. The van der Waals surface area contributed by atoms with E-state index >= 15 is 0 Å². The van der Waals surface area contributed by atoms with E-state index in [2.05, 4.69) is 10.3 Å². The van der Waals surface area contributed by atoms with Gasteiger partial charge in [-0.2, -0.15) is 0 Å². The van der Waals surface area contributed by atoms with Crippen molar-refractivity contribution < 1.29 is 14.3 Å². The highest BCUT2D eigenvalue weighted by molar-refractivity contribution is 7.13. The molecule has 5 nitrogen and oxygen atoms in total. The molecule has 1 amide bonds. The SMILES string of the molecule is COc1ccc(CCNC(=O)c2csc(-c3ccc(OCc4ccc(Cl)c(Cl)c4)cc3)n2)cc1. The number of rotatable bonds is 9. The predicted octanol–water partition coefficient (Wildman–Crippen LogP) is 6.68. The lowest BCUT2D eigenvalue weighted by Crippen LogP contribution is -2.25. The summed E-state index contributed by atoms with van der Waals surface area (Å²) in [6.45, 7) is 0.914. The van der Waals surface area contributed by atoms with Crippen LogP contribution < -0.4 is 14.8 Å². The zero-order valence-corrected chi connectivity index (χ0v) is 20.7. The first-order valence-corrected chi connectivity index (χ1v) is 12.2. The molecule has 0 unspecified atom stereocenters. The van der Waals surface area contributed by atoms with Gasteiger partial charge >= 0.3 is 0 Å². The Kier molecular flexibility index (Phi) is 8.06. The van der Waals surface area contributed by atoms with E-state index in [1.54, 1.807) is 24.6 Å². The van der Waals surface area contributed by atoms with Gasteiger partial charge < -0.3 is 14.8 Å². The van der Waals surface area contributed by atoms with Gasteiger partial charge in [0.25, 0.3) is 5.91 Å². The monoisotopic (exact) mass is 512 g/mol. The second kappa shape index (κ2) is 11.4. The molecule has 8 heteroatoms. The topological polar surface area (TPSA) is 60.5 Å². The van der Waals surface area contributed by atoms with Crippen LogP contribution in [0, 0.1) is 0 Å². The van der Waals surface area contributed by atoms with E-state index in [0.717, 1.165) is 39.6 Å². The summed E-state index contributed by atoms with van der Waals surface area (Å²) < 4.78 is 11.0. The van der Waals surface area contributed by atoms with Crippen LogP contribution in [-0.2, 0) is 13.0 Å². The summed E-state index contributed by atoms with van der Waals surface area (Å²) in [7, 11) is 1.64. The third-order valence-electron chi connectivity index (χ3n) is 5.09. The number of ether oxygens (including phenoxy) is 2. The molecule has 0 saturated carbocycles. The van der Waals surface area contributed by atoms with E-state index in [0.29, 0.717) is 28.9 Å². The highest BCUT2D eigenvalue weighted by atomic mass is 35.5. The van der Waals surface area contributed by atoms with Crippen LogP contribution in [0.1, 0.15) is 21.6 Å². The number of nitrogens with zero attached hydrogens (tertiary/aromatic N) is 1. The molecule has 0 fully saturated rings. The Bertz CT molecular complexity index is 1260. The minimum Gasteiger partial charge on any atom is -0.497 e. The van der Waals surface area contributed by atoms with Crippen molar-refractivity contribution in [2.75, 3.05) is 13.7 Å². The molecule has 34 heavy (non-hydrogen) atoms. The maximum atomic E-state index is 12.5. The van der Waals surface area contributed by atoms with Gasteiger partial charge in [0.2, 0.25) is 0 Å². The minimum absolute atomic E-state index is 0.183. The summed E-state index contributed by atoms with van der Waals surface area (Å²) in [5, 5.41) is 6.49. The fraction of sp³-hybridized carbons (Fsp3) is 0.154. The van der Waals surface area contributed by atoms with Crippen LogP contribution in [0.15, 0.2) is 72.1 Å². The van der Waals surface area contributed by atoms with Gasteiger partial charge in [0.05, 0.1) is 17.2 Å². The second-order valence-electron chi connectivity index (χ2n) is 7.45. The van der Waals surface area contributed by atoms with Crippen LogP contribution in [0.4, 0.5) is 0 Å². The number of hydrogen-bond donors (Lipinski definition) is 1. The number of carbonyl (C=O) groups is 1. The van der Waals surface area contributed by atoms with Crippen molar-refractivity contribution in [2.45, 2.75) is 13.0 Å². The van der Waals surface area contributed by atoms with Crippen molar-refractivity contribution in [1.82, 2.24) is 10.3 Å². The van der Waals surface area contributed by atoms with Gasteiger partial charge in [-0.3, -0.25) is 4.79 Å². The first kappa shape index (κ1) is 24.1. The van der Waals surface area contributed by atoms with Crippen LogP contribution in [0.3, 0.4) is 0 Å². The number of aromatic nitrogens is 1. The maximum Gasteiger partial charge on any atom is 0.270 e. The molecule has 0 saturated heterocycles. The van der Waals surface area contributed by atoms with Crippen LogP contribution in [0.2, 0.25) is 10.0 Å². The van der Waals surface area contributed by atoms with Crippen LogP contribution >= 0.6 is 34.5 Å². The lowest BCUT2D eigenvalue weighted by atomic mass is 10.1. The summed E-state index contributed by atoms with van der Waals surface area (Å²) in [6, 6.07) is 20.8. The minimum atomic E-state index is -0.183. The number of methoxy groups -OCH3 is 1. The molecule has 0 aliphatic heterocycles. The third kappa shape index (κ3) is 6.29. The van der Waals surface area contributed by atoms with Gasteiger partial charge in [-0.05, 0) is 66.1 Å². The van der Waals surface area contributed by atoms with E-state index < -0.39 is 0 Å². The fourth-order valence-corrected chi connectivity index (χ4v) is 4.33. The van der Waals surface area contributed by atoms with E-state index in [4.69, 9.17) is 32.7 Å². The van der Waals surface area contributed by atoms with E-state index in [1.165, 1.54) is 11.3 Å². The van der Waals surface area contributed by atoms with Crippen molar-refractivity contribution in [3.05, 3.63) is 99.0 Å². The fourth-order valence-electron chi connectivity index (χ4n) is 3.20. The lowest BCUT2D eigenvalue weighted by molar-refractivity contribution is 0.0950. The standard InChI is InChI=1S/C26H22Cl2N2O3S/c1-32-20-7-2-17(3-8-20)12-13-29-25(31)24-16-34-26(30-24)19-5-9-21(10-6-19)33-15-18-4-11-22(27)23(28)14-18/h2-11,14,16H,12-13,15H2,1H3,(H,29,31). The molecular formula is C26H22Cl2N2O3S. The quantitative estimate of drug-likeness (QED) is 0.271. The summed E-state index contributed by atoms with van der Waals surface area (Å²) in [5.74, 6) is 1.36. The smallest absolute Gasteiger partial charge is 0.270 e. The Balaban J connectivity index is 1.29. The Morgan fingerprint density at radius 3 is 2.35 bits per heavy atom. The van der Waals surface area contributed by atoms with Gasteiger partial charge in [0, 0.05) is 17.5 Å². The van der Waals surface area contributed by atoms with Crippen molar-refractivity contribution in [3.8, 4) is 22.1 Å². The van der Waals surface area contributed by atoms with Gasteiger partial charge in [-0.15, -0.1) is 11.3 Å². The molecule has 4 rings (SSSR count). The van der Waals surface area contributed by atoms with Crippen molar-refractivity contribution >= 4 is 40.4 Å². The average Bonchev–Trinajstić information content (AvgIpc) is 3.36. The maximum absolute atomic E-state index is 12.5. The molecule has 4 aromatic rings. The molecule has 0 atom stereocenters. The van der Waals surface area contributed by atoms with E-state index in [9.17, 15) is 4.79 Å². The Morgan fingerprint density at radius 1 is 0.941 bits per heavy atom. The molecule has 1 heterocycles. The normalized spacial score (nSPS) is 10.7. The molecule has 0 radical (unpaired) electrons. The Labute approximate surface area is 212 Å². The number of nitrogens with one attached hydrogen (secondary N) is 1. The lowest BCUT2D eigenvalue weighted by Gasteiger charge is -2.08. The van der Waals surface area contributed by atoms with Crippen molar-refractivity contribution in [2.24, 2.45) is 0 Å². The van der Waals surface area contributed by atoms with E-state index in [-0.39, 0.29) is 5.91 Å². The molecular weight excluding hydrogens is 491 g/mol. The Morgan fingerprint density at radius 2 is 1.65 bits per heavy atom. The third-order valence-corrected chi connectivity index (χ3v) is 6.72. The number of thiazole rings is 1. The zero-order chi connectivity index (χ0) is 23.9. The summed E-state index contributed by atoms with van der Waals surface area (Å²) in [5.41, 5.74) is 3.39.